The van der Waals surface area contributed by atoms with E-state index in [1.807, 2.05) is 0 Å². The molecule has 0 bridgehead atoms. The molecule has 0 fully saturated rings. The van der Waals surface area contributed by atoms with E-state index in [0.717, 1.165) is 19.2 Å². The number of ether oxygens (including phenoxy) is 1. The van der Waals surface area contributed by atoms with E-state index in [4.69, 9.17) is 11.6 Å². The van der Waals surface area contributed by atoms with Crippen LogP contribution >= 0.6 is 11.6 Å². The molecule has 0 aliphatic rings. The Morgan fingerprint density at radius 1 is 1.27 bits per heavy atom. The van der Waals surface area contributed by atoms with Crippen molar-refractivity contribution in [2.24, 2.45) is 0 Å². The van der Waals surface area contributed by atoms with Gasteiger partial charge in [0.25, 0.3) is 5.78 Å². The van der Waals surface area contributed by atoms with Gasteiger partial charge in [-0.15, -0.1) is 0 Å². The highest BCUT2D eigenvalue weighted by Gasteiger charge is 2.23. The molecule has 0 saturated carbocycles. The number of ketones is 1. The molecule has 6 heteroatoms. The highest BCUT2D eigenvalue weighted by molar-refractivity contribution is 6.40. The monoisotopic (exact) mass is 234 g/mol. The van der Waals surface area contributed by atoms with Crippen molar-refractivity contribution < 1.29 is 23.1 Å². The van der Waals surface area contributed by atoms with Crippen LogP contribution in [0.3, 0.4) is 0 Å². The Bertz CT molecular complexity index is 432. The molecular formula is C9H5ClF2O3. The van der Waals surface area contributed by atoms with Gasteiger partial charge in [-0.25, -0.2) is 13.6 Å². The lowest BCUT2D eigenvalue weighted by atomic mass is 10.1. The minimum Gasteiger partial charge on any atom is -0.463 e. The molecule has 0 aromatic heterocycles. The van der Waals surface area contributed by atoms with Crippen molar-refractivity contribution in [2.75, 3.05) is 7.11 Å². The fourth-order valence-electron chi connectivity index (χ4n) is 0.904. The molecule has 0 saturated heterocycles. The standard InChI is InChI=1S/C9H5ClF2O3/c1-15-9(14)8(13)4-2-3-5(10)7(12)6(4)11/h2-3H,1H3. The number of esters is 1. The predicted octanol–water partition coefficient (Wildman–Crippen LogP) is 1.97. The number of rotatable bonds is 2. The molecule has 0 amide bonds. The van der Waals surface area contributed by atoms with Crippen molar-refractivity contribution in [3.8, 4) is 0 Å². The van der Waals surface area contributed by atoms with Crippen LogP contribution in [0.1, 0.15) is 10.4 Å². The molecule has 1 rings (SSSR count). The molecule has 80 valence electrons. The van der Waals surface area contributed by atoms with Crippen LogP contribution in [0.5, 0.6) is 0 Å². The van der Waals surface area contributed by atoms with Gasteiger partial charge in [0.1, 0.15) is 0 Å². The number of hydrogen-bond acceptors (Lipinski definition) is 3. The largest absolute Gasteiger partial charge is 0.463 e. The van der Waals surface area contributed by atoms with Gasteiger partial charge in [-0.2, -0.15) is 0 Å². The van der Waals surface area contributed by atoms with Gasteiger partial charge in [-0.05, 0) is 12.1 Å². The number of carbonyl (C=O) groups is 2. The van der Waals surface area contributed by atoms with Crippen LogP contribution in [0.15, 0.2) is 12.1 Å². The number of methoxy groups -OCH3 is 1. The van der Waals surface area contributed by atoms with Gasteiger partial charge in [-0.1, -0.05) is 11.6 Å². The van der Waals surface area contributed by atoms with Gasteiger partial charge < -0.3 is 4.74 Å². The molecule has 1 aromatic rings. The second-order valence-electron chi connectivity index (χ2n) is 2.54. The van der Waals surface area contributed by atoms with Crippen molar-refractivity contribution in [3.63, 3.8) is 0 Å². The molecule has 1 aromatic carbocycles. The summed E-state index contributed by atoms with van der Waals surface area (Å²) in [4.78, 5) is 21.9. The molecule has 0 atom stereocenters. The van der Waals surface area contributed by atoms with E-state index in [1.165, 1.54) is 0 Å². The minimum atomic E-state index is -1.46. The molecular weight excluding hydrogens is 230 g/mol. The average molecular weight is 235 g/mol. The fraction of sp³-hybridized carbons (Fsp3) is 0.111. The van der Waals surface area contributed by atoms with Gasteiger partial charge in [0.2, 0.25) is 0 Å². The highest BCUT2D eigenvalue weighted by atomic mass is 35.5. The first kappa shape index (κ1) is 11.6. The van der Waals surface area contributed by atoms with E-state index < -0.39 is 34.0 Å². The maximum Gasteiger partial charge on any atom is 0.379 e. The molecule has 0 aliphatic carbocycles. The Morgan fingerprint density at radius 2 is 1.87 bits per heavy atom. The lowest BCUT2D eigenvalue weighted by molar-refractivity contribution is -0.135. The van der Waals surface area contributed by atoms with E-state index in [1.54, 1.807) is 0 Å². The van der Waals surface area contributed by atoms with Crippen molar-refractivity contribution in [1.29, 1.82) is 0 Å². The molecule has 0 spiro atoms. The third kappa shape index (κ3) is 2.12. The maximum atomic E-state index is 13.1. The molecule has 0 heterocycles. The number of carbonyl (C=O) groups excluding carboxylic acids is 2. The lowest BCUT2D eigenvalue weighted by Gasteiger charge is -2.02. The molecule has 0 unspecified atom stereocenters. The van der Waals surface area contributed by atoms with E-state index in [-0.39, 0.29) is 0 Å². The summed E-state index contributed by atoms with van der Waals surface area (Å²) in [5.74, 6) is -5.36. The lowest BCUT2D eigenvalue weighted by Crippen LogP contribution is -2.17. The zero-order valence-electron chi connectivity index (χ0n) is 7.51. The van der Waals surface area contributed by atoms with Crippen LogP contribution in [-0.2, 0) is 9.53 Å². The number of halogens is 3. The van der Waals surface area contributed by atoms with E-state index in [9.17, 15) is 18.4 Å². The van der Waals surface area contributed by atoms with Gasteiger partial charge in [0.05, 0.1) is 17.7 Å². The van der Waals surface area contributed by atoms with Crippen LogP contribution < -0.4 is 0 Å². The zero-order valence-corrected chi connectivity index (χ0v) is 8.27. The van der Waals surface area contributed by atoms with Crippen LogP contribution in [0.25, 0.3) is 0 Å². The van der Waals surface area contributed by atoms with Crippen LogP contribution in [0, 0.1) is 11.6 Å². The normalized spacial score (nSPS) is 9.87. The Balaban J connectivity index is 3.22. The molecule has 3 nitrogen and oxygen atoms in total. The zero-order chi connectivity index (χ0) is 11.6. The fourth-order valence-corrected chi connectivity index (χ4v) is 1.05. The summed E-state index contributed by atoms with van der Waals surface area (Å²) in [7, 11) is 0.963. The van der Waals surface area contributed by atoms with Crippen LogP contribution in [0.2, 0.25) is 5.02 Å². The summed E-state index contributed by atoms with van der Waals surface area (Å²) in [6.45, 7) is 0. The van der Waals surface area contributed by atoms with Crippen molar-refractivity contribution in [2.45, 2.75) is 0 Å². The van der Waals surface area contributed by atoms with Crippen molar-refractivity contribution in [1.82, 2.24) is 0 Å². The van der Waals surface area contributed by atoms with Crippen LogP contribution in [0.4, 0.5) is 8.78 Å². The van der Waals surface area contributed by atoms with Gasteiger partial charge in [-0.3, -0.25) is 4.79 Å². The molecule has 0 radical (unpaired) electrons. The first-order valence-electron chi connectivity index (χ1n) is 3.75. The Labute approximate surface area is 88.6 Å². The summed E-state index contributed by atoms with van der Waals surface area (Å²) in [6, 6.07) is 1.90. The van der Waals surface area contributed by atoms with E-state index >= 15 is 0 Å². The SMILES string of the molecule is COC(=O)C(=O)c1ccc(Cl)c(F)c1F. The second kappa shape index (κ2) is 4.35. The smallest absolute Gasteiger partial charge is 0.379 e. The third-order valence-electron chi connectivity index (χ3n) is 1.65. The van der Waals surface area contributed by atoms with Crippen molar-refractivity contribution >= 4 is 23.4 Å². The van der Waals surface area contributed by atoms with Crippen LogP contribution in [-0.4, -0.2) is 18.9 Å². The van der Waals surface area contributed by atoms with Gasteiger partial charge in [0, 0.05) is 0 Å². The van der Waals surface area contributed by atoms with Crippen molar-refractivity contribution in [3.05, 3.63) is 34.4 Å². The quantitative estimate of drug-likeness (QED) is 0.340. The third-order valence-corrected chi connectivity index (χ3v) is 1.94. The number of Topliss-reactive ketones (excluding diaryl/α,β-unsaturated/α-hetero) is 1. The Kier molecular flexibility index (Phi) is 3.36. The topological polar surface area (TPSA) is 43.4 Å². The maximum absolute atomic E-state index is 13.1. The Morgan fingerprint density at radius 3 is 2.40 bits per heavy atom. The summed E-state index contributed by atoms with van der Waals surface area (Å²) in [5.41, 5.74) is -0.705. The molecule has 0 aliphatic heterocycles. The Hall–Kier alpha value is -1.49. The summed E-state index contributed by atoms with van der Waals surface area (Å²) in [6.07, 6.45) is 0. The summed E-state index contributed by atoms with van der Waals surface area (Å²) < 4.78 is 30.1. The summed E-state index contributed by atoms with van der Waals surface area (Å²) >= 11 is 5.26. The number of hydrogen-bond donors (Lipinski definition) is 0. The first-order valence-corrected chi connectivity index (χ1v) is 4.13. The van der Waals surface area contributed by atoms with Gasteiger partial charge >= 0.3 is 5.97 Å². The molecule has 0 N–H and O–H groups in total. The highest BCUT2D eigenvalue weighted by Crippen LogP contribution is 2.20. The average Bonchev–Trinajstić information content (AvgIpc) is 2.24. The minimum absolute atomic E-state index is 0.464. The number of benzene rings is 1. The molecule has 15 heavy (non-hydrogen) atoms. The summed E-state index contributed by atoms with van der Waals surface area (Å²) in [5, 5.41) is -0.464. The van der Waals surface area contributed by atoms with Gasteiger partial charge in [0.15, 0.2) is 11.6 Å². The van der Waals surface area contributed by atoms with E-state index in [2.05, 4.69) is 4.74 Å². The predicted molar refractivity (Wildman–Crippen MR) is 47.7 cm³/mol. The van der Waals surface area contributed by atoms with E-state index in [0.29, 0.717) is 0 Å². The second-order valence-corrected chi connectivity index (χ2v) is 2.95. The first-order chi connectivity index (χ1) is 6.99.